The van der Waals surface area contributed by atoms with Gasteiger partial charge in [0.05, 0.1) is 0 Å². The second-order valence-corrected chi connectivity index (χ2v) is 17.6. The van der Waals surface area contributed by atoms with Crippen LogP contribution in [0.3, 0.4) is 0 Å². The third-order valence-electron chi connectivity index (χ3n) is 12.4. The predicted octanol–water partition coefficient (Wildman–Crippen LogP) is 17.2. The highest BCUT2D eigenvalue weighted by molar-refractivity contribution is 7.28. The Kier molecular flexibility index (Phi) is 6.86. The van der Waals surface area contributed by atoms with E-state index in [-0.39, 0.29) is 0 Å². The van der Waals surface area contributed by atoms with Crippen LogP contribution in [0.4, 0.5) is 0 Å². The van der Waals surface area contributed by atoms with E-state index in [1.807, 2.05) is 22.7 Å². The van der Waals surface area contributed by atoms with Crippen LogP contribution in [0.2, 0.25) is 0 Å². The molecule has 0 nitrogen and oxygen atoms in total. The average molecular weight is 769 g/mol. The van der Waals surface area contributed by atoms with Crippen LogP contribution in [0.15, 0.2) is 194 Å². The van der Waals surface area contributed by atoms with Crippen molar-refractivity contribution in [3.05, 3.63) is 194 Å². The van der Waals surface area contributed by atoms with E-state index in [4.69, 9.17) is 0 Å². The molecule has 0 radical (unpaired) electrons. The number of rotatable bonds is 3. The van der Waals surface area contributed by atoms with E-state index in [0.717, 1.165) is 0 Å². The van der Waals surface area contributed by atoms with Crippen molar-refractivity contribution in [3.63, 3.8) is 0 Å². The average Bonchev–Trinajstić information content (AvgIpc) is 3.85. The summed E-state index contributed by atoms with van der Waals surface area (Å²) in [7, 11) is 0. The molecule has 0 aliphatic heterocycles. The Balaban J connectivity index is 1.15. The van der Waals surface area contributed by atoms with Crippen LogP contribution in [-0.2, 0) is 0 Å². The maximum Gasteiger partial charge on any atom is 0.0441 e. The fourth-order valence-corrected chi connectivity index (χ4v) is 12.4. The third kappa shape index (κ3) is 4.50. The van der Waals surface area contributed by atoms with Crippen molar-refractivity contribution < 1.29 is 0 Å². The smallest absolute Gasteiger partial charge is 0.0441 e. The molecule has 0 aliphatic rings. The molecular formula is C56H32S2. The fourth-order valence-electron chi connectivity index (χ4n) is 10.0. The Morgan fingerprint density at radius 3 is 1.38 bits per heavy atom. The number of hydrogen-bond donors (Lipinski definition) is 0. The Hall–Kier alpha value is -6.84. The van der Waals surface area contributed by atoms with Crippen molar-refractivity contribution in [2.45, 2.75) is 0 Å². The minimum atomic E-state index is 1.26. The van der Waals surface area contributed by atoms with Crippen molar-refractivity contribution in [2.24, 2.45) is 0 Å². The molecule has 0 unspecified atom stereocenters. The van der Waals surface area contributed by atoms with Crippen LogP contribution in [0.5, 0.6) is 0 Å². The first-order valence-corrected chi connectivity index (χ1v) is 21.6. The molecule has 0 saturated carbocycles. The molecule has 2 heteroatoms. The molecule has 0 amide bonds. The van der Waals surface area contributed by atoms with E-state index in [1.54, 1.807) is 0 Å². The first kappa shape index (κ1) is 32.3. The van der Waals surface area contributed by atoms with E-state index in [9.17, 15) is 0 Å². The minimum Gasteiger partial charge on any atom is -0.135 e. The maximum atomic E-state index is 2.48. The quantitative estimate of drug-likeness (QED) is 0.157. The number of thiophene rings is 2. The zero-order valence-corrected chi connectivity index (χ0v) is 32.9. The largest absolute Gasteiger partial charge is 0.135 e. The van der Waals surface area contributed by atoms with Crippen LogP contribution >= 0.6 is 22.7 Å². The van der Waals surface area contributed by atoms with Gasteiger partial charge in [-0.2, -0.15) is 0 Å². The first-order valence-electron chi connectivity index (χ1n) is 19.9. The van der Waals surface area contributed by atoms with E-state index >= 15 is 0 Å². The van der Waals surface area contributed by atoms with Gasteiger partial charge in [0.15, 0.2) is 0 Å². The number of hydrogen-bond acceptors (Lipinski definition) is 2. The summed E-state index contributed by atoms with van der Waals surface area (Å²) in [5.74, 6) is 0. The molecule has 13 aromatic rings. The Morgan fingerprint density at radius 2 is 0.724 bits per heavy atom. The van der Waals surface area contributed by atoms with Gasteiger partial charge in [0, 0.05) is 45.9 Å². The molecule has 58 heavy (non-hydrogen) atoms. The molecule has 0 spiro atoms. The summed E-state index contributed by atoms with van der Waals surface area (Å²) in [4.78, 5) is 0. The van der Waals surface area contributed by atoms with Crippen molar-refractivity contribution in [2.75, 3.05) is 0 Å². The summed E-state index contributed by atoms with van der Waals surface area (Å²) in [5.41, 5.74) is 7.75. The molecule has 268 valence electrons. The van der Waals surface area contributed by atoms with Crippen LogP contribution in [-0.4, -0.2) is 0 Å². The zero-order chi connectivity index (χ0) is 37.9. The summed E-state index contributed by atoms with van der Waals surface area (Å²) in [5, 5.41) is 18.2. The summed E-state index contributed by atoms with van der Waals surface area (Å²) >= 11 is 3.86. The van der Waals surface area contributed by atoms with Gasteiger partial charge in [0.1, 0.15) is 0 Å². The van der Waals surface area contributed by atoms with Crippen LogP contribution in [0.25, 0.3) is 128 Å². The lowest BCUT2D eigenvalue weighted by atomic mass is 9.82. The van der Waals surface area contributed by atoms with Crippen molar-refractivity contribution in [1.29, 1.82) is 0 Å². The van der Waals surface area contributed by atoms with Crippen molar-refractivity contribution >= 4 is 117 Å². The molecule has 2 heterocycles. The summed E-state index contributed by atoms with van der Waals surface area (Å²) in [6.07, 6.45) is 0. The number of benzene rings is 11. The van der Waals surface area contributed by atoms with Gasteiger partial charge >= 0.3 is 0 Å². The second-order valence-electron chi connectivity index (χ2n) is 15.4. The first-order chi connectivity index (χ1) is 28.8. The van der Waals surface area contributed by atoms with Gasteiger partial charge in [-0.25, -0.2) is 0 Å². The van der Waals surface area contributed by atoms with Gasteiger partial charge < -0.3 is 0 Å². The zero-order valence-electron chi connectivity index (χ0n) is 31.3. The fraction of sp³-hybridized carbons (Fsp3) is 0. The van der Waals surface area contributed by atoms with Gasteiger partial charge in [0.2, 0.25) is 0 Å². The van der Waals surface area contributed by atoms with E-state index < -0.39 is 0 Å². The highest BCUT2D eigenvalue weighted by Gasteiger charge is 2.24. The standard InChI is InChI=1S/C56H32S2/c1-3-17-35-33(14-1)16-13-26-39(35)51-40-21-7-9-23-42(40)52(43-24-10-8-22-41(43)51)44-29-30-45(38-20-6-5-19-37(38)44)55-54-46-25-11-12-27-48(46)57-50(54)32-47-53-36-18-4-2-15-34(36)28-31-49(53)58-56(47)55/h1-32H. The molecule has 2 aromatic heterocycles. The molecule has 0 fully saturated rings. The topological polar surface area (TPSA) is 0 Å². The Bertz CT molecular complexity index is 3800. The lowest BCUT2D eigenvalue weighted by Gasteiger charge is -2.20. The molecule has 0 aliphatic carbocycles. The van der Waals surface area contributed by atoms with Crippen LogP contribution < -0.4 is 0 Å². The molecule has 0 saturated heterocycles. The van der Waals surface area contributed by atoms with Crippen molar-refractivity contribution in [3.8, 4) is 33.4 Å². The van der Waals surface area contributed by atoms with Crippen LogP contribution in [0.1, 0.15) is 0 Å². The van der Waals surface area contributed by atoms with E-state index in [2.05, 4.69) is 194 Å². The second kappa shape index (κ2) is 12.3. The van der Waals surface area contributed by atoms with E-state index in [0.29, 0.717) is 0 Å². The van der Waals surface area contributed by atoms with Gasteiger partial charge in [-0.1, -0.05) is 176 Å². The molecule has 11 aromatic carbocycles. The Labute approximate surface area is 342 Å². The van der Waals surface area contributed by atoms with Crippen molar-refractivity contribution in [1.82, 2.24) is 0 Å². The molecule has 0 bridgehead atoms. The summed E-state index contributed by atoms with van der Waals surface area (Å²) < 4.78 is 5.36. The SMILES string of the molecule is c1ccc2c(-c3c4ccccc4c(-c4ccc(-c5c6sc7ccc8ccccc8c7c6cc6sc7ccccc7c56)c5ccccc45)c4ccccc34)cccc2c1. The monoisotopic (exact) mass is 768 g/mol. The lowest BCUT2D eigenvalue weighted by molar-refractivity contribution is 1.68. The maximum absolute atomic E-state index is 2.48. The molecule has 0 atom stereocenters. The molecule has 13 rings (SSSR count). The van der Waals surface area contributed by atoms with Gasteiger partial charge in [-0.05, 0) is 99.9 Å². The molecule has 0 N–H and O–H groups in total. The minimum absolute atomic E-state index is 1.26. The van der Waals surface area contributed by atoms with Gasteiger partial charge in [0.25, 0.3) is 0 Å². The predicted molar refractivity (Wildman–Crippen MR) is 256 cm³/mol. The molecular weight excluding hydrogens is 737 g/mol. The van der Waals surface area contributed by atoms with E-state index in [1.165, 1.54) is 128 Å². The highest BCUT2D eigenvalue weighted by Crippen LogP contribution is 2.53. The van der Waals surface area contributed by atoms with Crippen LogP contribution in [0, 0.1) is 0 Å². The third-order valence-corrected chi connectivity index (χ3v) is 14.8. The summed E-state index contributed by atoms with van der Waals surface area (Å²) in [6.45, 7) is 0. The summed E-state index contributed by atoms with van der Waals surface area (Å²) in [6, 6.07) is 72.5. The number of fused-ring (bicyclic) bond motifs is 12. The van der Waals surface area contributed by atoms with Gasteiger partial charge in [-0.3, -0.25) is 0 Å². The highest BCUT2D eigenvalue weighted by atomic mass is 32.1. The lowest BCUT2D eigenvalue weighted by Crippen LogP contribution is -1.93. The van der Waals surface area contributed by atoms with Gasteiger partial charge in [-0.15, -0.1) is 22.7 Å². The Morgan fingerprint density at radius 1 is 0.241 bits per heavy atom. The normalized spacial score (nSPS) is 12.1.